The summed E-state index contributed by atoms with van der Waals surface area (Å²) < 4.78 is 74.8. The second kappa shape index (κ2) is 13.0. The Labute approximate surface area is 275 Å². The van der Waals surface area contributed by atoms with Gasteiger partial charge in [0.15, 0.2) is 0 Å². The molecular formula is C32H35F3N6O6S. The van der Waals surface area contributed by atoms with Gasteiger partial charge in [-0.2, -0.15) is 13.2 Å². The van der Waals surface area contributed by atoms with Gasteiger partial charge in [-0.15, -0.1) is 0 Å². The third-order valence-electron chi connectivity index (χ3n) is 9.45. The maximum Gasteiger partial charge on any atom is 0.501 e. The van der Waals surface area contributed by atoms with E-state index in [2.05, 4.69) is 25.1 Å². The number of benzene rings is 1. The Morgan fingerprint density at radius 3 is 1.69 bits per heavy atom. The third-order valence-corrected chi connectivity index (χ3v) is 11.0. The van der Waals surface area contributed by atoms with E-state index in [1.165, 1.54) is 0 Å². The number of imide groups is 1. The third kappa shape index (κ3) is 5.75. The number of amides is 3. The molecule has 6 rings (SSSR count). The predicted molar refractivity (Wildman–Crippen MR) is 170 cm³/mol. The van der Waals surface area contributed by atoms with E-state index in [1.807, 2.05) is 26.0 Å². The highest BCUT2D eigenvalue weighted by Gasteiger charge is 2.59. The molecule has 3 aliphatic heterocycles. The molecular weight excluding hydrogens is 653 g/mol. The van der Waals surface area contributed by atoms with Crippen molar-refractivity contribution in [2.45, 2.75) is 41.6 Å². The molecule has 3 aliphatic rings. The van der Waals surface area contributed by atoms with Crippen LogP contribution >= 0.6 is 0 Å². The number of halogens is 3. The van der Waals surface area contributed by atoms with Crippen LogP contribution < -0.4 is 20.0 Å². The highest BCUT2D eigenvalue weighted by Crippen LogP contribution is 2.48. The molecule has 0 aliphatic carbocycles. The molecule has 3 aromatic rings. The molecule has 0 spiro atoms. The van der Waals surface area contributed by atoms with E-state index in [9.17, 15) is 31.2 Å². The number of alkyl halides is 3. The van der Waals surface area contributed by atoms with Crippen molar-refractivity contribution in [2.75, 3.05) is 67.3 Å². The fraction of sp³-hybridized carbons (Fsp3) is 0.438. The first kappa shape index (κ1) is 33.6. The first-order valence-electron chi connectivity index (χ1n) is 15.5. The molecule has 0 bridgehead atoms. The minimum absolute atomic E-state index is 0.0776. The number of rotatable bonds is 8. The predicted octanol–water partition coefficient (Wildman–Crippen LogP) is 3.85. The van der Waals surface area contributed by atoms with Crippen molar-refractivity contribution in [3.8, 4) is 0 Å². The van der Waals surface area contributed by atoms with E-state index in [0.717, 1.165) is 51.7 Å². The Morgan fingerprint density at radius 2 is 1.25 bits per heavy atom. The monoisotopic (exact) mass is 688 g/mol. The van der Waals surface area contributed by atoms with Gasteiger partial charge in [0.25, 0.3) is 15.7 Å². The Morgan fingerprint density at radius 1 is 0.792 bits per heavy atom. The van der Waals surface area contributed by atoms with Crippen molar-refractivity contribution in [3.63, 3.8) is 0 Å². The van der Waals surface area contributed by atoms with E-state index in [4.69, 9.17) is 9.47 Å². The average molecular weight is 689 g/mol. The zero-order chi connectivity index (χ0) is 34.3. The molecule has 12 nitrogen and oxygen atoms in total. The van der Waals surface area contributed by atoms with Crippen molar-refractivity contribution >= 4 is 38.8 Å². The molecule has 1 N–H and O–H groups in total. The summed E-state index contributed by atoms with van der Waals surface area (Å²) in [5, 5.41) is 3.00. The highest BCUT2D eigenvalue weighted by molar-refractivity contribution is 7.92. The van der Waals surface area contributed by atoms with Crippen LogP contribution in [0.5, 0.6) is 0 Å². The van der Waals surface area contributed by atoms with E-state index in [0.29, 0.717) is 52.6 Å². The number of nitrogens with zero attached hydrogens (tertiary/aromatic N) is 5. The molecule has 3 fully saturated rings. The fourth-order valence-corrected chi connectivity index (χ4v) is 7.58. The van der Waals surface area contributed by atoms with Crippen molar-refractivity contribution in [1.29, 1.82) is 0 Å². The molecule has 3 saturated heterocycles. The van der Waals surface area contributed by atoms with Crippen LogP contribution in [-0.4, -0.2) is 94.0 Å². The summed E-state index contributed by atoms with van der Waals surface area (Å²) >= 11 is 0. The Kier molecular flexibility index (Phi) is 9.08. The summed E-state index contributed by atoms with van der Waals surface area (Å²) in [7, 11) is -5.64. The molecule has 1 aromatic carbocycles. The number of pyridine rings is 2. The minimum Gasteiger partial charge on any atom is -0.378 e. The van der Waals surface area contributed by atoms with Crippen LogP contribution in [0.15, 0.2) is 66.1 Å². The van der Waals surface area contributed by atoms with Gasteiger partial charge in [0.2, 0.25) is 0 Å². The van der Waals surface area contributed by atoms with E-state index < -0.39 is 49.6 Å². The van der Waals surface area contributed by atoms with Gasteiger partial charge < -0.3 is 24.6 Å². The molecule has 2 atom stereocenters. The first-order valence-corrected chi connectivity index (χ1v) is 17.0. The molecule has 16 heteroatoms. The highest BCUT2D eigenvalue weighted by atomic mass is 32.2. The summed E-state index contributed by atoms with van der Waals surface area (Å²) in [4.78, 5) is 41.6. The summed E-state index contributed by atoms with van der Waals surface area (Å²) in [6.45, 7) is 8.12. The maximum atomic E-state index is 14.9. The number of ether oxygens (including phenoxy) is 2. The average Bonchev–Trinajstić information content (AvgIpc) is 3.37. The van der Waals surface area contributed by atoms with Crippen LogP contribution in [0, 0.1) is 0 Å². The lowest BCUT2D eigenvalue weighted by atomic mass is 9.69. The molecule has 48 heavy (non-hydrogen) atoms. The molecule has 256 valence electrons. The van der Waals surface area contributed by atoms with Gasteiger partial charge in [0.05, 0.1) is 60.8 Å². The Hall–Kier alpha value is -4.28. The van der Waals surface area contributed by atoms with Crippen molar-refractivity contribution in [2.24, 2.45) is 0 Å². The lowest BCUT2D eigenvalue weighted by Gasteiger charge is -2.42. The Bertz CT molecular complexity index is 1710. The quantitative estimate of drug-likeness (QED) is 0.348. The number of aromatic nitrogens is 2. The molecule has 3 amide bonds. The summed E-state index contributed by atoms with van der Waals surface area (Å²) in [5.74, 6) is -1.97. The van der Waals surface area contributed by atoms with Crippen LogP contribution in [0.3, 0.4) is 0 Å². The van der Waals surface area contributed by atoms with Crippen molar-refractivity contribution in [1.82, 2.24) is 15.3 Å². The van der Waals surface area contributed by atoms with E-state index in [1.54, 1.807) is 24.8 Å². The van der Waals surface area contributed by atoms with E-state index >= 15 is 0 Å². The number of carbonyl (C=O) groups excluding carboxylic acids is 2. The van der Waals surface area contributed by atoms with Crippen LogP contribution in [-0.2, 0) is 24.1 Å². The van der Waals surface area contributed by atoms with Gasteiger partial charge in [-0.3, -0.25) is 14.8 Å². The molecule has 0 saturated carbocycles. The molecule has 2 aromatic heterocycles. The number of hydrogen-bond donors (Lipinski definition) is 1. The topological polar surface area (TPSA) is 134 Å². The smallest absolute Gasteiger partial charge is 0.378 e. The molecule has 5 heterocycles. The Balaban J connectivity index is 1.47. The SMILES string of the molecule is CC(c1ccncc1N1CCOCC1)C1(C(C)c2ccncc2N2CCOCC2)NC(=O)N(c2ccc(S(=O)(=O)C(F)(F)F)cc2)C1=O. The van der Waals surface area contributed by atoms with Crippen molar-refractivity contribution < 1.29 is 40.7 Å². The molecule has 2 unspecified atom stereocenters. The number of carbonyl (C=O) groups is 2. The standard InChI is InChI=1S/C32H35F3N6O6S/c1-21(25-7-9-36-19-27(25)39-11-15-46-16-12-39)31(22(2)26-8-10-37-20-28(26)40-13-17-47-18-14-40)29(42)41(30(43)38-31)23-3-5-24(6-4-23)48(44,45)32(33,34)35/h3-10,19-22H,11-18H2,1-2H3,(H,38,43). The fourth-order valence-electron chi connectivity index (χ4n) is 6.82. The second-order valence-corrected chi connectivity index (χ2v) is 13.8. The van der Waals surface area contributed by atoms with Gasteiger partial charge >= 0.3 is 11.5 Å². The van der Waals surface area contributed by atoms with Crippen LogP contribution in [0.1, 0.15) is 36.8 Å². The largest absolute Gasteiger partial charge is 0.501 e. The lowest BCUT2D eigenvalue weighted by molar-refractivity contribution is -0.123. The van der Waals surface area contributed by atoms with Crippen molar-refractivity contribution in [3.05, 3.63) is 72.3 Å². The zero-order valence-electron chi connectivity index (χ0n) is 26.3. The maximum absolute atomic E-state index is 14.9. The van der Waals surface area contributed by atoms with Crippen LogP contribution in [0.2, 0.25) is 0 Å². The van der Waals surface area contributed by atoms with Crippen LogP contribution in [0.4, 0.5) is 35.0 Å². The minimum atomic E-state index is -5.64. The van der Waals surface area contributed by atoms with Gasteiger partial charge in [-0.1, -0.05) is 13.8 Å². The number of urea groups is 1. The van der Waals surface area contributed by atoms with Gasteiger partial charge in [-0.25, -0.2) is 18.1 Å². The number of nitrogens with one attached hydrogen (secondary N) is 1. The second-order valence-electron chi connectivity index (χ2n) is 11.9. The van der Waals surface area contributed by atoms with Gasteiger partial charge in [-0.05, 0) is 47.5 Å². The van der Waals surface area contributed by atoms with Gasteiger partial charge in [0.1, 0.15) is 5.54 Å². The van der Waals surface area contributed by atoms with Gasteiger partial charge in [0, 0.05) is 50.4 Å². The van der Waals surface area contributed by atoms with Crippen LogP contribution in [0.25, 0.3) is 0 Å². The summed E-state index contributed by atoms with van der Waals surface area (Å²) in [6.07, 6.45) is 6.69. The number of hydrogen-bond acceptors (Lipinski definition) is 10. The first-order chi connectivity index (χ1) is 22.9. The zero-order valence-corrected chi connectivity index (χ0v) is 27.1. The lowest BCUT2D eigenvalue weighted by Crippen LogP contribution is -2.55. The number of anilines is 3. The normalized spacial score (nSPS) is 22.1. The molecule has 0 radical (unpaired) electrons. The summed E-state index contributed by atoms with van der Waals surface area (Å²) in [6, 6.07) is 6.37. The number of sulfone groups is 1. The van der Waals surface area contributed by atoms with E-state index in [-0.39, 0.29) is 5.69 Å². The number of morpholine rings is 2. The summed E-state index contributed by atoms with van der Waals surface area (Å²) in [5.41, 5.74) is -4.13.